The van der Waals surface area contributed by atoms with E-state index in [4.69, 9.17) is 0 Å². The SMILES string of the molecule is NC(=O)N[SiH](F)C=O. The van der Waals surface area contributed by atoms with Crippen LogP contribution in [0.25, 0.3) is 0 Å². The van der Waals surface area contributed by atoms with Gasteiger partial charge in [-0.3, -0.25) is 4.11 Å². The van der Waals surface area contributed by atoms with Crippen LogP contribution in [0, 0.1) is 0 Å². The van der Waals surface area contributed by atoms with E-state index in [2.05, 4.69) is 5.73 Å². The highest BCUT2D eigenvalue weighted by atomic mass is 28.3. The normalized spacial score (nSPS) is 12.1. The van der Waals surface area contributed by atoms with Crippen LogP contribution in [-0.4, -0.2) is 21.2 Å². The molecule has 0 fully saturated rings. The quantitative estimate of drug-likeness (QED) is 0.279. The van der Waals surface area contributed by atoms with Gasteiger partial charge in [-0.15, -0.1) is 0 Å². The third-order valence-electron chi connectivity index (χ3n) is 0.400. The van der Waals surface area contributed by atoms with Crippen molar-refractivity contribution in [2.45, 2.75) is 0 Å². The molecule has 0 aromatic carbocycles. The van der Waals surface area contributed by atoms with Crippen molar-refractivity contribution in [3.05, 3.63) is 0 Å². The molecule has 3 N–H and O–H groups in total. The van der Waals surface area contributed by atoms with Gasteiger partial charge in [-0.2, -0.15) is 0 Å². The number of hydrogen-bond donors (Lipinski definition) is 2. The summed E-state index contributed by atoms with van der Waals surface area (Å²) >= 11 is 0. The summed E-state index contributed by atoms with van der Waals surface area (Å²) in [5.41, 5.74) is 4.45. The zero-order valence-electron chi connectivity index (χ0n) is 3.93. The Hall–Kier alpha value is -0.913. The molecule has 2 amide bonds. The van der Waals surface area contributed by atoms with Crippen LogP contribution < -0.4 is 10.7 Å². The molecule has 0 radical (unpaired) electrons. The van der Waals surface area contributed by atoms with Gasteiger partial charge in [0.2, 0.25) is 0 Å². The first-order valence-corrected chi connectivity index (χ1v) is 3.50. The van der Waals surface area contributed by atoms with Crippen LogP contribution in [-0.2, 0) is 4.79 Å². The van der Waals surface area contributed by atoms with Crippen LogP contribution in [0.4, 0.5) is 8.90 Å². The number of amides is 2. The summed E-state index contributed by atoms with van der Waals surface area (Å²) in [5.74, 6) is 0.0742. The third-order valence-corrected chi connectivity index (χ3v) is 1.20. The molecular formula is C2H5FN2O2Si. The van der Waals surface area contributed by atoms with Crippen LogP contribution >= 0.6 is 0 Å². The molecule has 0 saturated heterocycles. The van der Waals surface area contributed by atoms with E-state index in [1.54, 1.807) is 4.98 Å². The molecule has 0 rings (SSSR count). The van der Waals surface area contributed by atoms with Gasteiger partial charge in [-0.05, 0) is 0 Å². The lowest BCUT2D eigenvalue weighted by Gasteiger charge is -1.94. The third kappa shape index (κ3) is 3.28. The summed E-state index contributed by atoms with van der Waals surface area (Å²) in [6.45, 7) is 0. The maximum absolute atomic E-state index is 11.7. The topological polar surface area (TPSA) is 72.2 Å². The first-order valence-electron chi connectivity index (χ1n) is 1.82. The van der Waals surface area contributed by atoms with E-state index in [-0.39, 0.29) is 5.91 Å². The highest BCUT2D eigenvalue weighted by Crippen LogP contribution is 1.68. The molecular weight excluding hydrogens is 131 g/mol. The Kier molecular flexibility index (Phi) is 2.78. The molecule has 8 heavy (non-hydrogen) atoms. The van der Waals surface area contributed by atoms with Crippen LogP contribution in [0.1, 0.15) is 0 Å². The van der Waals surface area contributed by atoms with E-state index < -0.39 is 15.3 Å². The maximum atomic E-state index is 11.7. The molecule has 1 atom stereocenters. The van der Waals surface area contributed by atoms with E-state index in [1.165, 1.54) is 0 Å². The molecule has 0 bridgehead atoms. The van der Waals surface area contributed by atoms with Crippen molar-refractivity contribution in [3.63, 3.8) is 0 Å². The van der Waals surface area contributed by atoms with Crippen molar-refractivity contribution in [2.24, 2.45) is 5.73 Å². The van der Waals surface area contributed by atoms with Crippen molar-refractivity contribution >= 4 is 21.2 Å². The lowest BCUT2D eigenvalue weighted by atomic mass is 11.2. The average molecular weight is 136 g/mol. The molecule has 46 valence electrons. The zero-order valence-corrected chi connectivity index (χ0v) is 5.08. The van der Waals surface area contributed by atoms with Gasteiger partial charge in [0.05, 0.1) is 0 Å². The molecule has 0 aliphatic rings. The average Bonchev–Trinajstić information content (AvgIpc) is 1.65. The zero-order chi connectivity index (χ0) is 6.57. The fourth-order valence-corrected chi connectivity index (χ4v) is 0.510. The number of carbonyl (C=O) groups excluding carboxylic acids is 2. The molecule has 6 heteroatoms. The second kappa shape index (κ2) is 3.14. The number of carbonyl (C=O) groups is 2. The summed E-state index contributed by atoms with van der Waals surface area (Å²) < 4.78 is 11.7. The summed E-state index contributed by atoms with van der Waals surface area (Å²) in [6, 6.07) is -0.990. The molecule has 0 aliphatic heterocycles. The van der Waals surface area contributed by atoms with E-state index in [0.29, 0.717) is 0 Å². The summed E-state index contributed by atoms with van der Waals surface area (Å²) in [7, 11) is -3.14. The van der Waals surface area contributed by atoms with E-state index in [9.17, 15) is 13.7 Å². The van der Waals surface area contributed by atoms with Crippen LogP contribution in [0.2, 0.25) is 0 Å². The fraction of sp³-hybridized carbons (Fsp3) is 0. The van der Waals surface area contributed by atoms with E-state index in [0.717, 1.165) is 0 Å². The van der Waals surface area contributed by atoms with Gasteiger partial charge in [-0.1, -0.05) is 0 Å². The van der Waals surface area contributed by atoms with Gasteiger partial charge >= 0.3 is 15.3 Å². The minimum atomic E-state index is -3.14. The van der Waals surface area contributed by atoms with Crippen molar-refractivity contribution < 1.29 is 13.7 Å². The summed E-state index contributed by atoms with van der Waals surface area (Å²) in [5, 5.41) is 0. The molecule has 1 unspecified atom stereocenters. The van der Waals surface area contributed by atoms with Gasteiger partial charge in [0.1, 0.15) is 0 Å². The standard InChI is InChI=1S/C2H5FN2O2Si/c3-8(1-6)5-2(4)7/h1,8H,(H3,4,5,7). The van der Waals surface area contributed by atoms with Crippen molar-refractivity contribution in [3.8, 4) is 0 Å². The van der Waals surface area contributed by atoms with E-state index >= 15 is 0 Å². The molecule has 4 nitrogen and oxygen atoms in total. The van der Waals surface area contributed by atoms with Gasteiger partial charge in [0.25, 0.3) is 0 Å². The Morgan fingerprint density at radius 1 is 1.88 bits per heavy atom. The minimum Gasteiger partial charge on any atom is -0.352 e. The summed E-state index contributed by atoms with van der Waals surface area (Å²) in [4.78, 5) is 20.8. The highest BCUT2D eigenvalue weighted by Gasteiger charge is 2.07. The maximum Gasteiger partial charge on any atom is 0.399 e. The van der Waals surface area contributed by atoms with Crippen LogP contribution in [0.3, 0.4) is 0 Å². The number of nitrogens with two attached hydrogens (primary N) is 1. The fourth-order valence-electron chi connectivity index (χ4n) is 0.170. The predicted molar refractivity (Wildman–Crippen MR) is 27.7 cm³/mol. The number of halogens is 1. The Balaban J connectivity index is 3.38. The lowest BCUT2D eigenvalue weighted by molar-refractivity contribution is 0.253. The smallest absolute Gasteiger partial charge is 0.352 e. The first kappa shape index (κ1) is 7.09. The Labute approximate surface area is 46.7 Å². The molecule has 0 heterocycles. The first-order chi connectivity index (χ1) is 3.66. The number of primary amides is 1. The van der Waals surface area contributed by atoms with Crippen molar-refractivity contribution in [1.82, 2.24) is 4.98 Å². The number of nitrogens with one attached hydrogen (secondary N) is 1. The second-order valence-electron chi connectivity index (χ2n) is 1.05. The van der Waals surface area contributed by atoms with Gasteiger partial charge in [0.15, 0.2) is 5.91 Å². The van der Waals surface area contributed by atoms with Crippen molar-refractivity contribution in [2.75, 3.05) is 0 Å². The van der Waals surface area contributed by atoms with Gasteiger partial charge in [-0.25, -0.2) is 4.79 Å². The van der Waals surface area contributed by atoms with E-state index in [1.807, 2.05) is 0 Å². The number of rotatable bonds is 2. The monoisotopic (exact) mass is 136 g/mol. The molecule has 0 saturated carbocycles. The predicted octanol–water partition coefficient (Wildman–Crippen LogP) is -1.38. The molecule has 0 aromatic heterocycles. The Bertz CT molecular complexity index is 108. The number of hydrogen-bond acceptors (Lipinski definition) is 2. The lowest BCUT2D eigenvalue weighted by Crippen LogP contribution is -2.40. The van der Waals surface area contributed by atoms with Crippen LogP contribution in [0.5, 0.6) is 0 Å². The number of urea groups is 1. The minimum absolute atomic E-state index is 0.0742. The Morgan fingerprint density at radius 3 is 2.50 bits per heavy atom. The van der Waals surface area contributed by atoms with Gasteiger partial charge < -0.3 is 15.5 Å². The Morgan fingerprint density at radius 2 is 2.38 bits per heavy atom. The molecule has 0 spiro atoms. The highest BCUT2D eigenvalue weighted by molar-refractivity contribution is 6.78. The summed E-state index contributed by atoms with van der Waals surface area (Å²) in [6.07, 6.45) is 0. The van der Waals surface area contributed by atoms with Crippen molar-refractivity contribution in [1.29, 1.82) is 0 Å². The van der Waals surface area contributed by atoms with Gasteiger partial charge in [0, 0.05) is 0 Å². The molecule has 0 aliphatic carbocycles. The molecule has 0 aromatic rings. The van der Waals surface area contributed by atoms with Crippen LogP contribution in [0.15, 0.2) is 0 Å². The second-order valence-corrected chi connectivity index (χ2v) is 2.41. The largest absolute Gasteiger partial charge is 0.399 e.